The van der Waals surface area contributed by atoms with Gasteiger partial charge in [0, 0.05) is 30.8 Å². The van der Waals surface area contributed by atoms with E-state index in [9.17, 15) is 14.4 Å². The number of carbonyl (C=O) groups is 3. The van der Waals surface area contributed by atoms with Crippen molar-refractivity contribution in [1.29, 1.82) is 0 Å². The SMILES string of the molecule is Cc1c(Cl)cccc1N1CCN2C1=NC1C2C(=O)N(CC(=O)O)C(=O)N1C. The van der Waals surface area contributed by atoms with Crippen molar-refractivity contribution < 1.29 is 19.5 Å². The molecule has 2 fully saturated rings. The van der Waals surface area contributed by atoms with Crippen molar-refractivity contribution in [3.8, 4) is 0 Å². The summed E-state index contributed by atoms with van der Waals surface area (Å²) < 4.78 is 0. The molecule has 1 aromatic rings. The predicted octanol–water partition coefficient (Wildman–Crippen LogP) is 0.813. The Morgan fingerprint density at radius 2 is 2.07 bits per heavy atom. The van der Waals surface area contributed by atoms with Crippen LogP contribution >= 0.6 is 11.6 Å². The van der Waals surface area contributed by atoms with Gasteiger partial charge in [0.25, 0.3) is 5.91 Å². The molecule has 9 nitrogen and oxygen atoms in total. The highest BCUT2D eigenvalue weighted by Crippen LogP contribution is 2.35. The monoisotopic (exact) mass is 391 g/mol. The highest BCUT2D eigenvalue weighted by atomic mass is 35.5. The topological polar surface area (TPSA) is 96.8 Å². The van der Waals surface area contributed by atoms with Crippen LogP contribution < -0.4 is 4.90 Å². The van der Waals surface area contributed by atoms with Crippen molar-refractivity contribution in [3.63, 3.8) is 0 Å². The molecule has 1 aromatic carbocycles. The van der Waals surface area contributed by atoms with Crippen LogP contribution in [0, 0.1) is 6.92 Å². The number of carboxylic acid groups (broad SMARTS) is 1. The van der Waals surface area contributed by atoms with Gasteiger partial charge in [-0.25, -0.2) is 9.79 Å². The summed E-state index contributed by atoms with van der Waals surface area (Å²) in [5, 5.41) is 9.67. The summed E-state index contributed by atoms with van der Waals surface area (Å²) in [6, 6.07) is 4.23. The summed E-state index contributed by atoms with van der Waals surface area (Å²) in [5.41, 5.74) is 1.80. The number of aliphatic carboxylic acids is 1. The van der Waals surface area contributed by atoms with E-state index in [2.05, 4.69) is 4.99 Å². The Bertz CT molecular complexity index is 888. The molecule has 3 amide bonds. The second kappa shape index (κ2) is 6.12. The third-order valence-electron chi connectivity index (χ3n) is 5.20. The van der Waals surface area contributed by atoms with Crippen LogP contribution in [0.25, 0.3) is 0 Å². The number of benzene rings is 1. The molecule has 0 bridgehead atoms. The molecule has 0 spiro atoms. The van der Waals surface area contributed by atoms with Gasteiger partial charge in [-0.05, 0) is 24.6 Å². The fourth-order valence-corrected chi connectivity index (χ4v) is 4.00. The van der Waals surface area contributed by atoms with E-state index in [1.807, 2.05) is 34.9 Å². The number of anilines is 1. The second-order valence-electron chi connectivity index (χ2n) is 6.73. The van der Waals surface area contributed by atoms with Crippen molar-refractivity contribution >= 4 is 41.2 Å². The molecule has 0 aromatic heterocycles. The van der Waals surface area contributed by atoms with Gasteiger partial charge < -0.3 is 19.8 Å². The first-order valence-electron chi connectivity index (χ1n) is 8.48. The Kier molecular flexibility index (Phi) is 3.99. The Labute approximate surface area is 160 Å². The number of imide groups is 1. The zero-order valence-corrected chi connectivity index (χ0v) is 15.5. The summed E-state index contributed by atoms with van der Waals surface area (Å²) >= 11 is 6.24. The fourth-order valence-electron chi connectivity index (χ4n) is 3.83. The van der Waals surface area contributed by atoms with Crippen LogP contribution in [0.3, 0.4) is 0 Å². The number of amides is 3. The molecule has 3 aliphatic heterocycles. The fraction of sp³-hybridized carbons (Fsp3) is 0.412. The third kappa shape index (κ3) is 2.53. The lowest BCUT2D eigenvalue weighted by molar-refractivity contribution is -0.146. The van der Waals surface area contributed by atoms with Gasteiger partial charge in [-0.1, -0.05) is 17.7 Å². The van der Waals surface area contributed by atoms with Gasteiger partial charge >= 0.3 is 12.0 Å². The quantitative estimate of drug-likeness (QED) is 0.819. The lowest BCUT2D eigenvalue weighted by Gasteiger charge is -2.39. The van der Waals surface area contributed by atoms with E-state index in [1.54, 1.807) is 0 Å². The number of guanidine groups is 1. The highest BCUT2D eigenvalue weighted by molar-refractivity contribution is 6.31. The number of carbonyl (C=O) groups excluding carboxylic acids is 2. The molecule has 3 heterocycles. The smallest absolute Gasteiger partial charge is 0.328 e. The van der Waals surface area contributed by atoms with Gasteiger partial charge in [0.05, 0.1) is 0 Å². The Morgan fingerprint density at radius 1 is 1.33 bits per heavy atom. The zero-order valence-electron chi connectivity index (χ0n) is 14.8. The van der Waals surface area contributed by atoms with E-state index in [0.717, 1.165) is 16.2 Å². The predicted molar refractivity (Wildman–Crippen MR) is 97.8 cm³/mol. The van der Waals surface area contributed by atoms with Gasteiger partial charge in [0.2, 0.25) is 5.96 Å². The summed E-state index contributed by atoms with van der Waals surface area (Å²) in [5.74, 6) is -1.17. The summed E-state index contributed by atoms with van der Waals surface area (Å²) in [7, 11) is 1.53. The van der Waals surface area contributed by atoms with Crippen molar-refractivity contribution in [3.05, 3.63) is 28.8 Å². The molecular weight excluding hydrogens is 374 g/mol. The Morgan fingerprint density at radius 3 is 2.78 bits per heavy atom. The molecule has 0 saturated carbocycles. The van der Waals surface area contributed by atoms with Crippen LogP contribution in [0.15, 0.2) is 23.2 Å². The van der Waals surface area contributed by atoms with Gasteiger partial charge in [0.15, 0.2) is 12.2 Å². The largest absolute Gasteiger partial charge is 0.480 e. The van der Waals surface area contributed by atoms with Crippen molar-refractivity contribution in [2.45, 2.75) is 19.1 Å². The van der Waals surface area contributed by atoms with Gasteiger partial charge in [0.1, 0.15) is 6.54 Å². The number of carboxylic acids is 1. The molecule has 2 unspecified atom stereocenters. The minimum Gasteiger partial charge on any atom is -0.480 e. The standard InChI is InChI=1S/C17H18ClN5O4/c1-9-10(18)4-3-5-11(9)21-6-7-22-13-14(19-16(21)22)20(2)17(27)23(15(13)26)8-12(24)25/h3-5,13-14H,6-8H2,1-2H3,(H,24,25). The lowest BCUT2D eigenvalue weighted by Crippen LogP contribution is -2.65. The van der Waals surface area contributed by atoms with E-state index in [-0.39, 0.29) is 0 Å². The summed E-state index contributed by atoms with van der Waals surface area (Å²) in [6.45, 7) is 2.41. The number of nitrogens with zero attached hydrogens (tertiary/aromatic N) is 5. The van der Waals surface area contributed by atoms with E-state index >= 15 is 0 Å². The van der Waals surface area contributed by atoms with Crippen LogP contribution in [0.2, 0.25) is 5.02 Å². The van der Waals surface area contributed by atoms with Crippen LogP contribution in [0.1, 0.15) is 5.56 Å². The maximum atomic E-state index is 12.9. The minimum absolute atomic E-state index is 0.533. The van der Waals surface area contributed by atoms with Gasteiger partial charge in [-0.3, -0.25) is 14.5 Å². The maximum Gasteiger partial charge on any atom is 0.328 e. The molecule has 0 radical (unpaired) electrons. The van der Waals surface area contributed by atoms with E-state index < -0.39 is 36.7 Å². The Balaban J connectivity index is 1.69. The van der Waals surface area contributed by atoms with Crippen molar-refractivity contribution in [1.82, 2.24) is 14.7 Å². The molecule has 10 heteroatoms. The number of fused-ring (bicyclic) bond motifs is 3. The number of aliphatic imine (C=N–C) groups is 1. The molecule has 27 heavy (non-hydrogen) atoms. The van der Waals surface area contributed by atoms with Crippen LogP contribution in [-0.4, -0.2) is 82.6 Å². The average Bonchev–Trinajstić information content (AvgIpc) is 3.18. The average molecular weight is 392 g/mol. The van der Waals surface area contributed by atoms with E-state index in [0.29, 0.717) is 24.1 Å². The van der Waals surface area contributed by atoms with Crippen molar-refractivity contribution in [2.24, 2.45) is 4.99 Å². The third-order valence-corrected chi connectivity index (χ3v) is 5.61. The first-order valence-corrected chi connectivity index (χ1v) is 8.86. The van der Waals surface area contributed by atoms with E-state index in [1.165, 1.54) is 11.9 Å². The molecule has 1 N–H and O–H groups in total. The maximum absolute atomic E-state index is 12.9. The van der Waals surface area contributed by atoms with Crippen LogP contribution in [-0.2, 0) is 9.59 Å². The summed E-state index contributed by atoms with van der Waals surface area (Å²) in [4.78, 5) is 46.9. The molecule has 3 aliphatic rings. The normalized spacial score (nSPS) is 24.3. The number of likely N-dealkylation sites (N-methyl/N-ethyl adjacent to an activating group) is 1. The highest BCUT2D eigenvalue weighted by Gasteiger charge is 2.55. The molecule has 2 saturated heterocycles. The molecule has 2 atom stereocenters. The number of halogens is 1. The van der Waals surface area contributed by atoms with Crippen LogP contribution in [0.5, 0.6) is 0 Å². The lowest BCUT2D eigenvalue weighted by atomic mass is 10.1. The minimum atomic E-state index is -1.24. The first kappa shape index (κ1) is 17.6. The van der Waals surface area contributed by atoms with Gasteiger partial charge in [-0.15, -0.1) is 0 Å². The van der Waals surface area contributed by atoms with Crippen LogP contribution in [0.4, 0.5) is 10.5 Å². The second-order valence-corrected chi connectivity index (χ2v) is 7.14. The first-order chi connectivity index (χ1) is 12.8. The number of hydrogen-bond acceptors (Lipinski definition) is 6. The Hall–Kier alpha value is -2.81. The number of rotatable bonds is 3. The zero-order chi connectivity index (χ0) is 19.5. The summed E-state index contributed by atoms with van der Waals surface area (Å²) in [6.07, 6.45) is -0.674. The van der Waals surface area contributed by atoms with Gasteiger partial charge in [-0.2, -0.15) is 0 Å². The molecule has 142 valence electrons. The number of hydrogen-bond donors (Lipinski definition) is 1. The molecular formula is C17H18ClN5O4. The van der Waals surface area contributed by atoms with E-state index in [4.69, 9.17) is 16.7 Å². The molecule has 0 aliphatic carbocycles. The number of urea groups is 1. The van der Waals surface area contributed by atoms with Crippen molar-refractivity contribution in [2.75, 3.05) is 31.6 Å². The molecule has 4 rings (SSSR count).